The van der Waals surface area contributed by atoms with E-state index in [1.54, 1.807) is 61.5 Å². The molecule has 0 spiro atoms. The highest BCUT2D eigenvalue weighted by Crippen LogP contribution is 2.37. The molecule has 2 aromatic rings. The lowest BCUT2D eigenvalue weighted by atomic mass is 9.91. The zero-order valence-corrected chi connectivity index (χ0v) is 69.7. The van der Waals surface area contributed by atoms with Crippen molar-refractivity contribution in [3.05, 3.63) is 72.8 Å². The second-order valence-electron chi connectivity index (χ2n) is 32.2. The predicted octanol–water partition coefficient (Wildman–Crippen LogP) is 6.44. The van der Waals surface area contributed by atoms with Crippen molar-refractivity contribution in [3.63, 3.8) is 0 Å². The van der Waals surface area contributed by atoms with Crippen LogP contribution in [-0.4, -0.2) is 230 Å². The zero-order valence-electron chi connectivity index (χ0n) is 68.7. The number of carbonyl (C=O) groups is 12. The van der Waals surface area contributed by atoms with E-state index in [1.807, 2.05) is 84.0 Å². The lowest BCUT2D eigenvalue weighted by Gasteiger charge is -2.43. The fourth-order valence-electron chi connectivity index (χ4n) is 14.0. The molecule has 594 valence electrons. The molecule has 11 amide bonds. The minimum absolute atomic E-state index is 0.0451. The van der Waals surface area contributed by atoms with Crippen LogP contribution in [0.25, 0.3) is 0 Å². The summed E-state index contributed by atoms with van der Waals surface area (Å²) < 4.78 is 13.3. The van der Waals surface area contributed by atoms with Crippen LogP contribution in [0.5, 0.6) is 0 Å². The Hall–Kier alpha value is -8.00. The molecule has 0 bridgehead atoms. The van der Waals surface area contributed by atoms with E-state index < -0.39 is 181 Å². The van der Waals surface area contributed by atoms with E-state index in [0.29, 0.717) is 0 Å². The molecule has 0 unspecified atom stereocenters. The Morgan fingerprint density at radius 1 is 0.500 bits per heavy atom. The van der Waals surface area contributed by atoms with E-state index in [2.05, 4.69) is 71.6 Å². The number of allylic oxidation sites excluding steroid dienone is 2. The standard InChI is InChI=1S/C80H131N11O14Si/c1-28-30-37-53(14)68(105-57(18)92)67-73(97)83-60(29-2)75(99)86(22)56(17)70(94)85-65(52(13)42-43-104-106(80(19,20)21,58-38-33-31-34-39-58)59-40-35-32-36-41-59)72(96)84-64(50(9)10)78(102)87(23)61(44-47(3)4)71(95)81-54(15)69(93)82-55(16)74(98)88(24)62(45-48(5)6)76(100)89(25)63(46-49(7)8)77(101)90(26)66(51(11)12)79(103)91(67)27/h28,30-36,38-41,47-56,60-68H,29,37,42-46H2,1-27H3,(H,81,95)(H,82,93)(H,83,97)(H,84,96)(H,85,94)/b30-28+/t52-,53-,54+,55-,56-,60+,61+,62+,63+,64+,65+,66+,67+,68-/m1/s1. The van der Waals surface area contributed by atoms with Gasteiger partial charge in [0.2, 0.25) is 65.0 Å². The number of hydrogen-bond acceptors (Lipinski definition) is 14. The predicted molar refractivity (Wildman–Crippen MR) is 416 cm³/mol. The van der Waals surface area contributed by atoms with Crippen molar-refractivity contribution in [2.75, 3.05) is 48.9 Å². The maximum absolute atomic E-state index is 15.6. The van der Waals surface area contributed by atoms with Gasteiger partial charge in [0, 0.05) is 55.8 Å². The van der Waals surface area contributed by atoms with Crippen LogP contribution in [0.2, 0.25) is 5.04 Å². The van der Waals surface area contributed by atoms with E-state index in [0.717, 1.165) is 20.2 Å². The lowest BCUT2D eigenvalue weighted by molar-refractivity contribution is -0.164. The van der Waals surface area contributed by atoms with Gasteiger partial charge in [0.05, 0.1) is 0 Å². The average molecular weight is 1500 g/mol. The molecule has 5 N–H and O–H groups in total. The molecule has 1 aliphatic rings. The molecule has 1 saturated heterocycles. The van der Waals surface area contributed by atoms with E-state index >= 15 is 38.4 Å². The van der Waals surface area contributed by atoms with Gasteiger partial charge in [-0.15, -0.1) is 0 Å². The van der Waals surface area contributed by atoms with Crippen LogP contribution in [0.15, 0.2) is 72.8 Å². The summed E-state index contributed by atoms with van der Waals surface area (Å²) >= 11 is 0. The summed E-state index contributed by atoms with van der Waals surface area (Å²) in [5, 5.41) is 15.8. The Balaban J connectivity index is 2.44. The zero-order chi connectivity index (χ0) is 80.9. The van der Waals surface area contributed by atoms with Gasteiger partial charge in [-0.25, -0.2) is 0 Å². The first-order chi connectivity index (χ1) is 49.3. The molecule has 0 aromatic heterocycles. The fourth-order valence-corrected chi connectivity index (χ4v) is 18.6. The van der Waals surface area contributed by atoms with Crippen LogP contribution >= 0.6 is 0 Å². The number of benzene rings is 2. The molecule has 0 aliphatic carbocycles. The Labute approximate surface area is 634 Å². The molecule has 26 heteroatoms. The Bertz CT molecular complexity index is 3290. The molecule has 3 rings (SSSR count). The first-order valence-electron chi connectivity index (χ1n) is 37.9. The van der Waals surface area contributed by atoms with Crippen LogP contribution in [0.4, 0.5) is 0 Å². The van der Waals surface area contributed by atoms with Gasteiger partial charge in [-0.05, 0) is 123 Å². The summed E-state index contributed by atoms with van der Waals surface area (Å²) in [4.78, 5) is 186. The third-order valence-electron chi connectivity index (χ3n) is 20.5. The van der Waals surface area contributed by atoms with Gasteiger partial charge < -0.3 is 65.1 Å². The van der Waals surface area contributed by atoms with Crippen LogP contribution < -0.4 is 37.0 Å². The van der Waals surface area contributed by atoms with Gasteiger partial charge in [0.15, 0.2) is 0 Å². The first-order valence-corrected chi connectivity index (χ1v) is 39.8. The molecular weight excluding hydrogens is 1370 g/mol. The molecule has 106 heavy (non-hydrogen) atoms. The van der Waals surface area contributed by atoms with Crippen LogP contribution in [0, 0.1) is 41.4 Å². The Morgan fingerprint density at radius 2 is 0.953 bits per heavy atom. The number of nitrogens with one attached hydrogen (secondary N) is 5. The maximum Gasteiger partial charge on any atom is 0.303 e. The molecule has 1 fully saturated rings. The largest absolute Gasteiger partial charge is 0.459 e. The quantitative estimate of drug-likeness (QED) is 0.0510. The molecule has 0 saturated carbocycles. The van der Waals surface area contributed by atoms with Gasteiger partial charge in [0.1, 0.15) is 72.6 Å². The van der Waals surface area contributed by atoms with Crippen molar-refractivity contribution in [2.24, 2.45) is 41.4 Å². The first kappa shape index (κ1) is 92.2. The third-order valence-corrected chi connectivity index (χ3v) is 25.5. The third kappa shape index (κ3) is 24.0. The smallest absolute Gasteiger partial charge is 0.303 e. The van der Waals surface area contributed by atoms with Crippen molar-refractivity contribution in [2.45, 2.75) is 262 Å². The molecule has 2 aromatic carbocycles. The topological polar surface area (TPSA) is 303 Å². The van der Waals surface area contributed by atoms with Crippen molar-refractivity contribution in [1.82, 2.24) is 56.0 Å². The normalized spacial score (nSPS) is 25.0. The number of amides is 11. The van der Waals surface area contributed by atoms with E-state index in [1.165, 1.54) is 89.6 Å². The molecule has 0 radical (unpaired) electrons. The summed E-state index contributed by atoms with van der Waals surface area (Å²) in [6, 6.07) is 5.53. The van der Waals surface area contributed by atoms with E-state index in [-0.39, 0.29) is 62.9 Å². The summed E-state index contributed by atoms with van der Waals surface area (Å²) in [7, 11) is 5.35. The highest BCUT2D eigenvalue weighted by Gasteiger charge is 2.51. The van der Waals surface area contributed by atoms with E-state index in [9.17, 15) is 19.2 Å². The van der Waals surface area contributed by atoms with Crippen LogP contribution in [-0.2, 0) is 66.7 Å². The van der Waals surface area contributed by atoms with Gasteiger partial charge in [-0.1, -0.05) is 184 Å². The SMILES string of the molecule is C/C=C/C[C@@H](C)[C@@H](OC(C)=O)[C@H]1C(=O)N[C@@H](CC)C(=O)N(C)[C@H](C)C(=O)N[C@@H]([C@H](C)CCO[Si](c2ccccc2)(c2ccccc2)C(C)(C)C)C(=O)N[C@@H](C(C)C)C(=O)N(C)[C@@H](CC(C)C)C(=O)N[C@@H](C)C(=O)N[C@H](C)C(=O)N(C)[C@@H](CC(C)C)C(=O)N(C)[C@@H](CC(C)C)C(=O)N(C)[C@@H](C(C)C)C(=O)N1C. The summed E-state index contributed by atoms with van der Waals surface area (Å²) in [6.07, 6.45) is 3.04. The number of hydrogen-bond donors (Lipinski definition) is 5. The number of carbonyl (C=O) groups excluding carboxylic acids is 12. The van der Waals surface area contributed by atoms with Crippen LogP contribution in [0.1, 0.15) is 184 Å². The fraction of sp³-hybridized carbons (Fsp3) is 0.675. The average Bonchev–Trinajstić information content (AvgIpc) is 0.747. The van der Waals surface area contributed by atoms with Crippen LogP contribution in [0.3, 0.4) is 0 Å². The van der Waals surface area contributed by atoms with Crippen molar-refractivity contribution >= 4 is 89.6 Å². The number of ether oxygens (including phenoxy) is 1. The molecule has 14 atom stereocenters. The van der Waals surface area contributed by atoms with Gasteiger partial charge in [0.25, 0.3) is 8.32 Å². The molecule has 25 nitrogen and oxygen atoms in total. The molecular formula is C80H131N11O14Si. The number of rotatable bonds is 21. The Kier molecular flexibility index (Phi) is 36.0. The molecule has 1 aliphatic heterocycles. The lowest BCUT2D eigenvalue weighted by Crippen LogP contribution is -2.66. The second-order valence-corrected chi connectivity index (χ2v) is 36.5. The minimum Gasteiger partial charge on any atom is -0.459 e. The van der Waals surface area contributed by atoms with Crippen molar-refractivity contribution in [3.8, 4) is 0 Å². The summed E-state index contributed by atoms with van der Waals surface area (Å²) in [5.41, 5.74) is 0. The monoisotopic (exact) mass is 1500 g/mol. The summed E-state index contributed by atoms with van der Waals surface area (Å²) in [5.74, 6) is -11.9. The van der Waals surface area contributed by atoms with Gasteiger partial charge >= 0.3 is 5.97 Å². The van der Waals surface area contributed by atoms with Gasteiger partial charge in [-0.2, -0.15) is 0 Å². The Morgan fingerprint density at radius 3 is 1.41 bits per heavy atom. The molecule has 1 heterocycles. The highest BCUT2D eigenvalue weighted by molar-refractivity contribution is 6.99. The van der Waals surface area contributed by atoms with Crippen molar-refractivity contribution < 1.29 is 66.7 Å². The number of esters is 1. The number of likely N-dealkylation sites (N-methyl/N-ethyl adjacent to an activating group) is 6. The van der Waals surface area contributed by atoms with Gasteiger partial charge in [-0.3, -0.25) is 57.5 Å². The minimum atomic E-state index is -3.15. The number of nitrogens with zero attached hydrogens (tertiary/aromatic N) is 6. The maximum atomic E-state index is 15.6. The van der Waals surface area contributed by atoms with Crippen molar-refractivity contribution in [1.29, 1.82) is 0 Å². The second kappa shape index (κ2) is 41.4. The summed E-state index contributed by atoms with van der Waals surface area (Å²) in [6.45, 7) is 37.1. The van der Waals surface area contributed by atoms with E-state index in [4.69, 9.17) is 9.16 Å². The highest BCUT2D eigenvalue weighted by atomic mass is 28.4.